The summed E-state index contributed by atoms with van der Waals surface area (Å²) >= 11 is 0. The SMILES string of the molecule is NC1CC(=O)NC(c2ccc(O)c(O)c2)C1. The molecule has 1 fully saturated rings. The third-order valence-electron chi connectivity index (χ3n) is 2.72. The summed E-state index contributed by atoms with van der Waals surface area (Å²) < 4.78 is 0. The number of amides is 1. The molecule has 16 heavy (non-hydrogen) atoms. The van der Waals surface area contributed by atoms with Crippen LogP contribution in [0.5, 0.6) is 11.5 Å². The number of nitrogens with two attached hydrogens (primary N) is 1. The molecule has 0 radical (unpaired) electrons. The Balaban J connectivity index is 2.23. The van der Waals surface area contributed by atoms with Gasteiger partial charge in [-0.3, -0.25) is 4.79 Å². The van der Waals surface area contributed by atoms with Gasteiger partial charge in [-0.25, -0.2) is 0 Å². The van der Waals surface area contributed by atoms with Crippen molar-refractivity contribution < 1.29 is 15.0 Å². The lowest BCUT2D eigenvalue weighted by atomic mass is 9.94. The van der Waals surface area contributed by atoms with Crippen molar-refractivity contribution >= 4 is 5.91 Å². The normalized spacial score (nSPS) is 25.2. The van der Waals surface area contributed by atoms with Crippen LogP contribution in [-0.2, 0) is 4.79 Å². The Morgan fingerprint density at radius 2 is 2.06 bits per heavy atom. The van der Waals surface area contributed by atoms with Gasteiger partial charge < -0.3 is 21.3 Å². The lowest BCUT2D eigenvalue weighted by Crippen LogP contribution is -2.42. The molecule has 5 heteroatoms. The van der Waals surface area contributed by atoms with E-state index in [0.29, 0.717) is 12.8 Å². The molecule has 1 aromatic carbocycles. The van der Waals surface area contributed by atoms with Crippen LogP contribution in [-0.4, -0.2) is 22.2 Å². The third-order valence-corrected chi connectivity index (χ3v) is 2.72. The summed E-state index contributed by atoms with van der Waals surface area (Å²) in [6.45, 7) is 0. The van der Waals surface area contributed by atoms with Gasteiger partial charge in [0.05, 0.1) is 6.04 Å². The molecular weight excluding hydrogens is 208 g/mol. The van der Waals surface area contributed by atoms with Crippen LogP contribution in [0.15, 0.2) is 18.2 Å². The van der Waals surface area contributed by atoms with E-state index >= 15 is 0 Å². The zero-order chi connectivity index (χ0) is 11.7. The fraction of sp³-hybridized carbons (Fsp3) is 0.364. The van der Waals surface area contributed by atoms with Crippen molar-refractivity contribution in [3.8, 4) is 11.5 Å². The smallest absolute Gasteiger partial charge is 0.222 e. The maximum atomic E-state index is 11.3. The van der Waals surface area contributed by atoms with Crippen LogP contribution in [0, 0.1) is 0 Å². The van der Waals surface area contributed by atoms with E-state index in [2.05, 4.69) is 5.32 Å². The van der Waals surface area contributed by atoms with Crippen LogP contribution < -0.4 is 11.1 Å². The van der Waals surface area contributed by atoms with Gasteiger partial charge in [-0.15, -0.1) is 0 Å². The maximum absolute atomic E-state index is 11.3. The lowest BCUT2D eigenvalue weighted by molar-refractivity contribution is -0.123. The Kier molecular flexibility index (Phi) is 2.70. The Labute approximate surface area is 92.9 Å². The van der Waals surface area contributed by atoms with E-state index in [-0.39, 0.29) is 29.5 Å². The van der Waals surface area contributed by atoms with Gasteiger partial charge in [0.2, 0.25) is 5.91 Å². The number of rotatable bonds is 1. The molecule has 0 spiro atoms. The van der Waals surface area contributed by atoms with Gasteiger partial charge in [-0.05, 0) is 24.1 Å². The molecule has 0 bridgehead atoms. The first kappa shape index (κ1) is 10.8. The monoisotopic (exact) mass is 222 g/mol. The summed E-state index contributed by atoms with van der Waals surface area (Å²) in [4.78, 5) is 11.3. The van der Waals surface area contributed by atoms with Crippen LogP contribution in [0.25, 0.3) is 0 Å². The molecule has 0 aliphatic carbocycles. The lowest BCUT2D eigenvalue weighted by Gasteiger charge is -2.28. The highest BCUT2D eigenvalue weighted by Gasteiger charge is 2.25. The molecular formula is C11H14N2O3. The third kappa shape index (κ3) is 2.09. The van der Waals surface area contributed by atoms with Gasteiger partial charge in [0.1, 0.15) is 0 Å². The highest BCUT2D eigenvalue weighted by molar-refractivity contribution is 5.78. The average Bonchev–Trinajstić information content (AvgIpc) is 2.20. The number of nitrogens with one attached hydrogen (secondary N) is 1. The molecule has 1 aromatic rings. The molecule has 2 rings (SSSR count). The molecule has 5 nitrogen and oxygen atoms in total. The van der Waals surface area contributed by atoms with Crippen molar-refractivity contribution in [2.75, 3.05) is 0 Å². The number of carbonyl (C=O) groups is 1. The topological polar surface area (TPSA) is 95.6 Å². The number of phenols is 2. The fourth-order valence-electron chi connectivity index (χ4n) is 1.91. The Bertz CT molecular complexity index is 420. The standard InChI is InChI=1S/C11H14N2O3/c12-7-4-8(13-11(16)5-7)6-1-2-9(14)10(15)3-6/h1-3,7-8,14-15H,4-5,12H2,(H,13,16). The first-order valence-electron chi connectivity index (χ1n) is 5.13. The Morgan fingerprint density at radius 1 is 1.31 bits per heavy atom. The highest BCUT2D eigenvalue weighted by Crippen LogP contribution is 2.30. The minimum absolute atomic E-state index is 0.0867. The van der Waals surface area contributed by atoms with Crippen molar-refractivity contribution in [2.24, 2.45) is 5.73 Å². The van der Waals surface area contributed by atoms with Crippen molar-refractivity contribution in [1.29, 1.82) is 0 Å². The van der Waals surface area contributed by atoms with Crippen LogP contribution >= 0.6 is 0 Å². The Hall–Kier alpha value is -1.75. The second-order valence-corrected chi connectivity index (χ2v) is 4.07. The maximum Gasteiger partial charge on any atom is 0.222 e. The summed E-state index contributed by atoms with van der Waals surface area (Å²) in [5.74, 6) is -0.447. The van der Waals surface area contributed by atoms with Crippen LogP contribution in [0.3, 0.4) is 0 Å². The average molecular weight is 222 g/mol. The van der Waals surface area contributed by atoms with Crippen molar-refractivity contribution in [3.63, 3.8) is 0 Å². The molecule has 0 saturated carbocycles. The minimum atomic E-state index is -0.192. The summed E-state index contributed by atoms with van der Waals surface area (Å²) in [6, 6.07) is 4.16. The molecule has 0 aromatic heterocycles. The zero-order valence-corrected chi connectivity index (χ0v) is 8.68. The van der Waals surface area contributed by atoms with Gasteiger partial charge in [0.25, 0.3) is 0 Å². The number of hydrogen-bond acceptors (Lipinski definition) is 4. The van der Waals surface area contributed by atoms with E-state index in [1.807, 2.05) is 0 Å². The van der Waals surface area contributed by atoms with Crippen LogP contribution in [0.1, 0.15) is 24.4 Å². The highest BCUT2D eigenvalue weighted by atomic mass is 16.3. The Morgan fingerprint density at radius 3 is 2.69 bits per heavy atom. The van der Waals surface area contributed by atoms with Gasteiger partial charge in [-0.1, -0.05) is 6.07 Å². The van der Waals surface area contributed by atoms with Gasteiger partial charge in [0, 0.05) is 12.5 Å². The zero-order valence-electron chi connectivity index (χ0n) is 8.68. The number of aromatic hydroxyl groups is 2. The molecule has 1 saturated heterocycles. The predicted octanol–water partition coefficient (Wildman–Crippen LogP) is 0.376. The first-order chi connectivity index (χ1) is 7.56. The molecule has 2 unspecified atom stereocenters. The molecule has 1 heterocycles. The van der Waals surface area contributed by atoms with Gasteiger partial charge in [-0.2, -0.15) is 0 Å². The molecule has 86 valence electrons. The van der Waals surface area contributed by atoms with Crippen LogP contribution in [0.2, 0.25) is 0 Å². The molecule has 5 N–H and O–H groups in total. The molecule has 2 atom stereocenters. The fourth-order valence-corrected chi connectivity index (χ4v) is 1.91. The number of hydrogen-bond donors (Lipinski definition) is 4. The van der Waals surface area contributed by atoms with Crippen molar-refractivity contribution in [2.45, 2.75) is 24.9 Å². The second kappa shape index (κ2) is 4.02. The van der Waals surface area contributed by atoms with Crippen LogP contribution in [0.4, 0.5) is 0 Å². The number of carbonyl (C=O) groups excluding carboxylic acids is 1. The van der Waals surface area contributed by atoms with Crippen molar-refractivity contribution in [1.82, 2.24) is 5.32 Å². The summed E-state index contributed by atoms with van der Waals surface area (Å²) in [5.41, 5.74) is 6.50. The number of piperidine rings is 1. The quantitative estimate of drug-likeness (QED) is 0.516. The number of benzene rings is 1. The summed E-state index contributed by atoms with van der Waals surface area (Å²) in [5, 5.41) is 21.4. The summed E-state index contributed by atoms with van der Waals surface area (Å²) in [7, 11) is 0. The largest absolute Gasteiger partial charge is 0.504 e. The van der Waals surface area contributed by atoms with Gasteiger partial charge in [0.15, 0.2) is 11.5 Å². The summed E-state index contributed by atoms with van der Waals surface area (Å²) in [6.07, 6.45) is 0.969. The van der Waals surface area contributed by atoms with E-state index in [9.17, 15) is 15.0 Å². The molecule has 1 aliphatic heterocycles. The van der Waals surface area contributed by atoms with E-state index < -0.39 is 0 Å². The first-order valence-corrected chi connectivity index (χ1v) is 5.13. The van der Waals surface area contributed by atoms with Crippen molar-refractivity contribution in [3.05, 3.63) is 23.8 Å². The number of phenolic OH excluding ortho intramolecular Hbond substituents is 2. The molecule has 1 amide bonds. The molecule has 1 aliphatic rings. The van der Waals surface area contributed by atoms with E-state index in [1.165, 1.54) is 12.1 Å². The predicted molar refractivity (Wildman–Crippen MR) is 57.9 cm³/mol. The second-order valence-electron chi connectivity index (χ2n) is 4.07. The van der Waals surface area contributed by atoms with E-state index in [0.717, 1.165) is 5.56 Å². The minimum Gasteiger partial charge on any atom is -0.504 e. The van der Waals surface area contributed by atoms with E-state index in [1.54, 1.807) is 6.07 Å². The van der Waals surface area contributed by atoms with E-state index in [4.69, 9.17) is 5.73 Å². The van der Waals surface area contributed by atoms with Gasteiger partial charge >= 0.3 is 0 Å².